The van der Waals surface area contributed by atoms with Crippen molar-refractivity contribution in [2.24, 2.45) is 5.73 Å². The molecule has 0 aromatic heterocycles. The molecule has 0 saturated carbocycles. The Morgan fingerprint density at radius 1 is 1.50 bits per heavy atom. The van der Waals surface area contributed by atoms with Crippen molar-refractivity contribution in [2.45, 2.75) is 18.9 Å². The summed E-state index contributed by atoms with van der Waals surface area (Å²) >= 11 is 3.28. The first-order valence-corrected chi connectivity index (χ1v) is 5.08. The number of rotatable bonds is 3. The first-order valence-electron chi connectivity index (χ1n) is 4.29. The van der Waals surface area contributed by atoms with Crippen LogP contribution >= 0.6 is 15.9 Å². The zero-order chi connectivity index (χ0) is 10.8. The lowest BCUT2D eigenvalue weighted by Gasteiger charge is -2.23. The van der Waals surface area contributed by atoms with Crippen LogP contribution in [0.2, 0.25) is 0 Å². The molecular weight excluding hydrogens is 246 g/mol. The molecule has 0 bridgehead atoms. The molecule has 0 aliphatic heterocycles. The monoisotopic (exact) mass is 257 g/mol. The molecule has 0 amide bonds. The van der Waals surface area contributed by atoms with Gasteiger partial charge >= 0.3 is 5.97 Å². The normalized spacial score (nSPS) is 14.8. The molecule has 0 fully saturated rings. The minimum Gasteiger partial charge on any atom is -0.480 e. The summed E-state index contributed by atoms with van der Waals surface area (Å²) in [6, 6.07) is 7.02. The Kier molecular flexibility index (Phi) is 3.29. The second-order valence-electron chi connectivity index (χ2n) is 3.14. The summed E-state index contributed by atoms with van der Waals surface area (Å²) in [4.78, 5) is 11.0. The standard InChI is InChI=1S/C10H12BrNO2/c1-2-10(12,9(13)14)7-3-5-8(11)6-4-7/h3-6H,2,12H2,1H3,(H,13,14). The van der Waals surface area contributed by atoms with E-state index in [1.807, 2.05) is 0 Å². The van der Waals surface area contributed by atoms with Gasteiger partial charge in [0.05, 0.1) is 0 Å². The third-order valence-corrected chi connectivity index (χ3v) is 2.83. The van der Waals surface area contributed by atoms with E-state index in [0.717, 1.165) is 4.47 Å². The lowest BCUT2D eigenvalue weighted by molar-refractivity contribution is -0.143. The molecule has 3 nitrogen and oxygen atoms in total. The van der Waals surface area contributed by atoms with Crippen LogP contribution in [0.5, 0.6) is 0 Å². The highest BCUT2D eigenvalue weighted by atomic mass is 79.9. The van der Waals surface area contributed by atoms with Crippen LogP contribution < -0.4 is 5.73 Å². The maximum absolute atomic E-state index is 11.0. The Balaban J connectivity index is 3.13. The van der Waals surface area contributed by atoms with Gasteiger partial charge in [-0.15, -0.1) is 0 Å². The Labute approximate surface area is 91.1 Å². The molecule has 0 aliphatic rings. The lowest BCUT2D eigenvalue weighted by Crippen LogP contribution is -2.44. The predicted molar refractivity (Wildman–Crippen MR) is 57.9 cm³/mol. The van der Waals surface area contributed by atoms with Gasteiger partial charge in [0.1, 0.15) is 5.54 Å². The van der Waals surface area contributed by atoms with Gasteiger partial charge in [-0.1, -0.05) is 35.0 Å². The number of carbonyl (C=O) groups is 1. The molecule has 1 rings (SSSR count). The van der Waals surface area contributed by atoms with Crippen LogP contribution in [-0.4, -0.2) is 11.1 Å². The van der Waals surface area contributed by atoms with Crippen molar-refractivity contribution in [3.63, 3.8) is 0 Å². The van der Waals surface area contributed by atoms with Crippen molar-refractivity contribution in [1.29, 1.82) is 0 Å². The van der Waals surface area contributed by atoms with Crippen LogP contribution in [0.3, 0.4) is 0 Å². The largest absolute Gasteiger partial charge is 0.480 e. The second-order valence-corrected chi connectivity index (χ2v) is 4.05. The number of carboxylic acid groups (broad SMARTS) is 1. The number of hydrogen-bond acceptors (Lipinski definition) is 2. The fourth-order valence-electron chi connectivity index (χ4n) is 1.23. The first-order chi connectivity index (χ1) is 6.50. The lowest BCUT2D eigenvalue weighted by atomic mass is 9.89. The molecule has 4 heteroatoms. The van der Waals surface area contributed by atoms with E-state index in [4.69, 9.17) is 10.8 Å². The molecule has 1 aromatic carbocycles. The summed E-state index contributed by atoms with van der Waals surface area (Å²) in [6.45, 7) is 1.76. The minimum atomic E-state index is -1.28. The summed E-state index contributed by atoms with van der Waals surface area (Å²) < 4.78 is 0.907. The molecule has 0 heterocycles. The molecule has 0 radical (unpaired) electrons. The van der Waals surface area contributed by atoms with Crippen molar-refractivity contribution in [3.8, 4) is 0 Å². The van der Waals surface area contributed by atoms with Crippen LogP contribution in [-0.2, 0) is 10.3 Å². The fourth-order valence-corrected chi connectivity index (χ4v) is 1.49. The summed E-state index contributed by atoms with van der Waals surface area (Å²) in [5.41, 5.74) is 5.14. The number of benzene rings is 1. The Morgan fingerprint density at radius 2 is 2.00 bits per heavy atom. The van der Waals surface area contributed by atoms with Gasteiger partial charge in [0.2, 0.25) is 0 Å². The average Bonchev–Trinajstić information content (AvgIpc) is 2.17. The number of halogens is 1. The van der Waals surface area contributed by atoms with Gasteiger partial charge in [0.15, 0.2) is 0 Å². The summed E-state index contributed by atoms with van der Waals surface area (Å²) in [7, 11) is 0. The smallest absolute Gasteiger partial charge is 0.328 e. The first kappa shape index (κ1) is 11.2. The van der Waals surface area contributed by atoms with Gasteiger partial charge in [0, 0.05) is 4.47 Å². The van der Waals surface area contributed by atoms with Gasteiger partial charge in [-0.25, -0.2) is 4.79 Å². The molecule has 0 saturated heterocycles. The van der Waals surface area contributed by atoms with E-state index in [1.54, 1.807) is 31.2 Å². The molecule has 0 aliphatic carbocycles. The molecular formula is C10H12BrNO2. The number of hydrogen-bond donors (Lipinski definition) is 2. The van der Waals surface area contributed by atoms with Gasteiger partial charge in [-0.3, -0.25) is 0 Å². The Hall–Kier alpha value is -0.870. The van der Waals surface area contributed by atoms with E-state index < -0.39 is 11.5 Å². The second kappa shape index (κ2) is 4.11. The maximum atomic E-state index is 11.0. The van der Waals surface area contributed by atoms with Crippen LogP contribution in [0.4, 0.5) is 0 Å². The SMILES string of the molecule is CCC(N)(C(=O)O)c1ccc(Br)cc1. The molecule has 0 spiro atoms. The van der Waals surface area contributed by atoms with Gasteiger partial charge in [-0.05, 0) is 24.1 Å². The topological polar surface area (TPSA) is 63.3 Å². The molecule has 76 valence electrons. The number of carboxylic acids is 1. The van der Waals surface area contributed by atoms with Crippen LogP contribution in [0.1, 0.15) is 18.9 Å². The van der Waals surface area contributed by atoms with Crippen LogP contribution in [0.25, 0.3) is 0 Å². The Morgan fingerprint density at radius 3 is 2.36 bits per heavy atom. The van der Waals surface area contributed by atoms with Gasteiger partial charge in [0.25, 0.3) is 0 Å². The predicted octanol–water partition coefficient (Wildman–Crippen LogP) is 2.10. The highest BCUT2D eigenvalue weighted by molar-refractivity contribution is 9.10. The van der Waals surface area contributed by atoms with Gasteiger partial charge in [-0.2, -0.15) is 0 Å². The van der Waals surface area contributed by atoms with Gasteiger partial charge < -0.3 is 10.8 Å². The number of aliphatic carboxylic acids is 1. The van der Waals surface area contributed by atoms with Crippen LogP contribution in [0.15, 0.2) is 28.7 Å². The summed E-state index contributed by atoms with van der Waals surface area (Å²) in [6.07, 6.45) is 0.365. The number of nitrogens with two attached hydrogens (primary N) is 1. The summed E-state index contributed by atoms with van der Waals surface area (Å²) in [5, 5.41) is 9.02. The van der Waals surface area contributed by atoms with E-state index in [-0.39, 0.29) is 0 Å². The van der Waals surface area contributed by atoms with E-state index in [9.17, 15) is 4.79 Å². The molecule has 1 atom stereocenters. The van der Waals surface area contributed by atoms with Crippen molar-refractivity contribution >= 4 is 21.9 Å². The third-order valence-electron chi connectivity index (χ3n) is 2.30. The van der Waals surface area contributed by atoms with Crippen molar-refractivity contribution in [1.82, 2.24) is 0 Å². The van der Waals surface area contributed by atoms with Crippen LogP contribution in [0, 0.1) is 0 Å². The van der Waals surface area contributed by atoms with E-state index in [2.05, 4.69) is 15.9 Å². The average molecular weight is 258 g/mol. The van der Waals surface area contributed by atoms with E-state index in [0.29, 0.717) is 12.0 Å². The summed E-state index contributed by atoms with van der Waals surface area (Å²) in [5.74, 6) is -0.998. The molecule has 3 N–H and O–H groups in total. The molecule has 1 unspecified atom stereocenters. The third kappa shape index (κ3) is 1.96. The molecule has 1 aromatic rings. The Bertz CT molecular complexity index is 336. The van der Waals surface area contributed by atoms with Crippen molar-refractivity contribution in [2.75, 3.05) is 0 Å². The molecule has 14 heavy (non-hydrogen) atoms. The highest BCUT2D eigenvalue weighted by Gasteiger charge is 2.33. The van der Waals surface area contributed by atoms with Crippen molar-refractivity contribution in [3.05, 3.63) is 34.3 Å². The zero-order valence-electron chi connectivity index (χ0n) is 7.83. The van der Waals surface area contributed by atoms with E-state index in [1.165, 1.54) is 0 Å². The zero-order valence-corrected chi connectivity index (χ0v) is 9.41. The fraction of sp³-hybridized carbons (Fsp3) is 0.300. The quantitative estimate of drug-likeness (QED) is 0.872. The minimum absolute atomic E-state index is 0.365. The van der Waals surface area contributed by atoms with E-state index >= 15 is 0 Å². The van der Waals surface area contributed by atoms with Crippen molar-refractivity contribution < 1.29 is 9.90 Å². The maximum Gasteiger partial charge on any atom is 0.328 e. The highest BCUT2D eigenvalue weighted by Crippen LogP contribution is 2.23.